The maximum Gasteiger partial charge on any atom is 0.130 e. The first-order valence-corrected chi connectivity index (χ1v) is 5.63. The Morgan fingerprint density at radius 2 is 2.11 bits per heavy atom. The van der Waals surface area contributed by atoms with E-state index in [9.17, 15) is 0 Å². The van der Waals surface area contributed by atoms with Crippen molar-refractivity contribution in [2.45, 2.75) is 0 Å². The van der Waals surface area contributed by atoms with Gasteiger partial charge in [0.1, 0.15) is 17.7 Å². The van der Waals surface area contributed by atoms with Crippen LogP contribution in [-0.4, -0.2) is 25.3 Å². The molecule has 0 saturated carbocycles. The largest absolute Gasteiger partial charge is 0.395 e. The molecule has 0 saturated heterocycles. The summed E-state index contributed by atoms with van der Waals surface area (Å²) >= 11 is 6.08. The number of aliphatic hydroxyl groups is 1. The summed E-state index contributed by atoms with van der Waals surface area (Å²) in [5, 5.41) is 26.6. The first-order valence-electron chi connectivity index (χ1n) is 5.25. The highest BCUT2D eigenvalue weighted by molar-refractivity contribution is 6.32. The first kappa shape index (κ1) is 14.1. The van der Waals surface area contributed by atoms with E-state index < -0.39 is 0 Å². The molecule has 0 amide bonds. The Kier molecular flexibility index (Phi) is 5.20. The molecule has 0 bridgehead atoms. The van der Waals surface area contributed by atoms with Gasteiger partial charge in [0.15, 0.2) is 0 Å². The van der Waals surface area contributed by atoms with E-state index in [1.807, 2.05) is 18.0 Å². The number of nitrogens with zero attached hydrogens (tertiary/aromatic N) is 3. The van der Waals surface area contributed by atoms with Crippen LogP contribution in [0.15, 0.2) is 23.8 Å². The Hall–Kier alpha value is -2.01. The highest BCUT2D eigenvalue weighted by atomic mass is 35.5. The van der Waals surface area contributed by atoms with Crippen molar-refractivity contribution in [3.8, 4) is 12.1 Å². The normalized spacial score (nSPS) is 9.17. The van der Waals surface area contributed by atoms with Gasteiger partial charge in [0.2, 0.25) is 0 Å². The summed E-state index contributed by atoms with van der Waals surface area (Å²) in [7, 11) is 1.84. The monoisotopic (exact) mass is 261 g/mol. The van der Waals surface area contributed by atoms with Gasteiger partial charge in [0.25, 0.3) is 0 Å². The molecule has 0 aliphatic carbocycles. The van der Waals surface area contributed by atoms with Gasteiger partial charge in [-0.3, -0.25) is 0 Å². The van der Waals surface area contributed by atoms with Gasteiger partial charge < -0.3 is 10.0 Å². The molecular weight excluding hydrogens is 250 g/mol. The average Bonchev–Trinajstić information content (AvgIpc) is 2.37. The lowest BCUT2D eigenvalue weighted by Crippen LogP contribution is -2.20. The fourth-order valence-corrected chi connectivity index (χ4v) is 1.62. The predicted octanol–water partition coefficient (Wildman–Crippen LogP) is 2.20. The summed E-state index contributed by atoms with van der Waals surface area (Å²) in [5.74, 6) is 0. The molecule has 4 nitrogen and oxygen atoms in total. The maximum absolute atomic E-state index is 8.85. The smallest absolute Gasteiger partial charge is 0.130 e. The van der Waals surface area contributed by atoms with Gasteiger partial charge >= 0.3 is 0 Å². The van der Waals surface area contributed by atoms with E-state index in [0.717, 1.165) is 5.69 Å². The van der Waals surface area contributed by atoms with E-state index in [2.05, 4.69) is 0 Å². The zero-order valence-corrected chi connectivity index (χ0v) is 10.6. The molecule has 1 N–H and O–H groups in total. The standard InChI is InChI=1S/C13H12ClN3O/c1-17(4-5-18)12-3-2-11(13(14)7-12)6-10(8-15)9-16/h2-3,6-7,18H,4-5H2,1H3. The number of hydrogen-bond donors (Lipinski definition) is 1. The molecule has 0 fully saturated rings. The van der Waals surface area contributed by atoms with Gasteiger partial charge in [-0.25, -0.2) is 0 Å². The number of hydrogen-bond acceptors (Lipinski definition) is 4. The van der Waals surface area contributed by atoms with Crippen molar-refractivity contribution in [1.82, 2.24) is 0 Å². The summed E-state index contributed by atoms with van der Waals surface area (Å²) in [4.78, 5) is 1.86. The Labute approximate surface area is 111 Å². The number of rotatable bonds is 4. The molecule has 0 heterocycles. The van der Waals surface area contributed by atoms with E-state index >= 15 is 0 Å². The molecule has 0 aliphatic heterocycles. The number of likely N-dealkylation sites (N-methyl/N-ethyl adjacent to an activating group) is 1. The first-order chi connectivity index (χ1) is 8.62. The zero-order valence-electron chi connectivity index (χ0n) is 9.89. The van der Waals surface area contributed by atoms with Crippen LogP contribution in [0.4, 0.5) is 5.69 Å². The lowest BCUT2D eigenvalue weighted by Gasteiger charge is -2.18. The molecular formula is C13H12ClN3O. The fourth-order valence-electron chi connectivity index (χ4n) is 1.39. The lowest BCUT2D eigenvalue weighted by molar-refractivity contribution is 0.304. The minimum Gasteiger partial charge on any atom is -0.395 e. The number of aliphatic hydroxyl groups excluding tert-OH is 1. The molecule has 0 aromatic heterocycles. The summed E-state index contributed by atoms with van der Waals surface area (Å²) in [6.45, 7) is 0.565. The van der Waals surface area contributed by atoms with Gasteiger partial charge in [0, 0.05) is 24.3 Å². The minimum absolute atomic E-state index is 0.00774. The van der Waals surface area contributed by atoms with E-state index in [-0.39, 0.29) is 12.2 Å². The molecule has 1 aromatic rings. The average molecular weight is 262 g/mol. The van der Waals surface area contributed by atoms with Crippen LogP contribution < -0.4 is 4.90 Å². The van der Waals surface area contributed by atoms with Crippen LogP contribution in [0.25, 0.3) is 6.08 Å². The molecule has 1 aromatic carbocycles. The highest BCUT2D eigenvalue weighted by Crippen LogP contribution is 2.24. The number of allylic oxidation sites excluding steroid dienone is 1. The van der Waals surface area contributed by atoms with Crippen LogP contribution >= 0.6 is 11.6 Å². The van der Waals surface area contributed by atoms with Crippen LogP contribution in [0.2, 0.25) is 5.02 Å². The van der Waals surface area contributed by atoms with Crippen LogP contribution in [0.5, 0.6) is 0 Å². The second-order valence-electron chi connectivity index (χ2n) is 3.63. The van der Waals surface area contributed by atoms with Gasteiger partial charge in [-0.05, 0) is 23.8 Å². The number of anilines is 1. The van der Waals surface area contributed by atoms with Crippen molar-refractivity contribution >= 4 is 23.4 Å². The molecule has 5 heteroatoms. The van der Waals surface area contributed by atoms with E-state index in [1.165, 1.54) is 6.08 Å². The second-order valence-corrected chi connectivity index (χ2v) is 4.04. The van der Waals surface area contributed by atoms with Gasteiger partial charge in [0.05, 0.1) is 6.61 Å². The van der Waals surface area contributed by atoms with Crippen molar-refractivity contribution < 1.29 is 5.11 Å². The van der Waals surface area contributed by atoms with Crippen LogP contribution in [0.1, 0.15) is 5.56 Å². The summed E-state index contributed by atoms with van der Waals surface area (Å²) in [5.41, 5.74) is 1.49. The van der Waals surface area contributed by atoms with Crippen molar-refractivity contribution in [2.24, 2.45) is 0 Å². The number of benzene rings is 1. The van der Waals surface area contributed by atoms with E-state index in [0.29, 0.717) is 17.1 Å². The second kappa shape index (κ2) is 6.66. The third kappa shape index (κ3) is 3.49. The van der Waals surface area contributed by atoms with Gasteiger partial charge in [-0.1, -0.05) is 17.7 Å². The maximum atomic E-state index is 8.85. The van der Waals surface area contributed by atoms with E-state index in [4.69, 9.17) is 27.2 Å². The zero-order chi connectivity index (χ0) is 13.5. The molecule has 92 valence electrons. The van der Waals surface area contributed by atoms with Crippen LogP contribution in [-0.2, 0) is 0 Å². The fraction of sp³-hybridized carbons (Fsp3) is 0.231. The topological polar surface area (TPSA) is 71.0 Å². The Balaban J connectivity index is 3.05. The molecule has 0 atom stereocenters. The van der Waals surface area contributed by atoms with Gasteiger partial charge in [-0.15, -0.1) is 0 Å². The van der Waals surface area contributed by atoms with Crippen molar-refractivity contribution in [3.05, 3.63) is 34.4 Å². The lowest BCUT2D eigenvalue weighted by atomic mass is 10.1. The number of nitriles is 2. The molecule has 1 rings (SSSR count). The van der Waals surface area contributed by atoms with Crippen LogP contribution in [0.3, 0.4) is 0 Å². The third-order valence-corrected chi connectivity index (χ3v) is 2.73. The molecule has 0 radical (unpaired) electrons. The summed E-state index contributed by atoms with van der Waals surface area (Å²) in [6, 6.07) is 8.85. The SMILES string of the molecule is CN(CCO)c1ccc(C=C(C#N)C#N)c(Cl)c1. The predicted molar refractivity (Wildman–Crippen MR) is 71.0 cm³/mol. The molecule has 0 unspecified atom stereocenters. The Morgan fingerprint density at radius 1 is 1.44 bits per heavy atom. The molecule has 0 spiro atoms. The van der Waals surface area contributed by atoms with E-state index in [1.54, 1.807) is 24.3 Å². The number of halogens is 1. The Bertz CT molecular complexity index is 524. The molecule has 18 heavy (non-hydrogen) atoms. The van der Waals surface area contributed by atoms with Crippen molar-refractivity contribution in [2.75, 3.05) is 25.1 Å². The molecule has 0 aliphatic rings. The Morgan fingerprint density at radius 3 is 2.61 bits per heavy atom. The van der Waals surface area contributed by atoms with Crippen LogP contribution in [0, 0.1) is 22.7 Å². The van der Waals surface area contributed by atoms with Crippen molar-refractivity contribution in [3.63, 3.8) is 0 Å². The summed E-state index contributed by atoms with van der Waals surface area (Å²) in [6.07, 6.45) is 1.44. The van der Waals surface area contributed by atoms with Gasteiger partial charge in [-0.2, -0.15) is 10.5 Å². The summed E-state index contributed by atoms with van der Waals surface area (Å²) < 4.78 is 0. The van der Waals surface area contributed by atoms with Crippen molar-refractivity contribution in [1.29, 1.82) is 10.5 Å². The minimum atomic E-state index is 0.00774. The third-order valence-electron chi connectivity index (χ3n) is 2.40. The quantitative estimate of drug-likeness (QED) is 0.844. The highest BCUT2D eigenvalue weighted by Gasteiger charge is 2.05.